The highest BCUT2D eigenvalue weighted by atomic mass is 35.5. The van der Waals surface area contributed by atoms with E-state index in [-0.39, 0.29) is 10.8 Å². The first kappa shape index (κ1) is 8.40. The van der Waals surface area contributed by atoms with E-state index in [1.165, 1.54) is 18.2 Å². The Morgan fingerprint density at radius 1 is 1.45 bits per heavy atom. The molecule has 0 aliphatic carbocycles. The van der Waals surface area contributed by atoms with E-state index in [9.17, 15) is 8.78 Å². The van der Waals surface area contributed by atoms with Crippen molar-refractivity contribution in [3.05, 3.63) is 29.0 Å². The number of hydrogen-bond acceptors (Lipinski definition) is 1. The van der Waals surface area contributed by atoms with E-state index in [1.807, 2.05) is 0 Å². The van der Waals surface area contributed by atoms with Gasteiger partial charge < -0.3 is 0 Å². The third-order valence-corrected chi connectivity index (χ3v) is 1.38. The SMILES string of the molecule is CC(F)(F)c1cccc(Cl)n1. The van der Waals surface area contributed by atoms with E-state index in [2.05, 4.69) is 4.98 Å². The minimum atomic E-state index is -2.91. The van der Waals surface area contributed by atoms with Crippen LogP contribution in [0, 0.1) is 0 Å². The summed E-state index contributed by atoms with van der Waals surface area (Å²) < 4.78 is 25.0. The first-order valence-electron chi connectivity index (χ1n) is 3.01. The van der Waals surface area contributed by atoms with Crippen molar-refractivity contribution in [3.63, 3.8) is 0 Å². The molecule has 0 aromatic carbocycles. The van der Waals surface area contributed by atoms with Gasteiger partial charge in [0.1, 0.15) is 10.8 Å². The highest BCUT2D eigenvalue weighted by Gasteiger charge is 2.25. The highest BCUT2D eigenvalue weighted by Crippen LogP contribution is 2.25. The van der Waals surface area contributed by atoms with Crippen molar-refractivity contribution in [2.24, 2.45) is 0 Å². The van der Waals surface area contributed by atoms with Crippen molar-refractivity contribution < 1.29 is 8.78 Å². The lowest BCUT2D eigenvalue weighted by Gasteiger charge is -2.08. The van der Waals surface area contributed by atoms with Crippen molar-refractivity contribution in [3.8, 4) is 0 Å². The maximum atomic E-state index is 12.5. The predicted molar refractivity (Wildman–Crippen MR) is 38.8 cm³/mol. The van der Waals surface area contributed by atoms with Crippen molar-refractivity contribution in [1.82, 2.24) is 4.98 Å². The van der Waals surface area contributed by atoms with Gasteiger partial charge in [-0.25, -0.2) is 4.98 Å². The Labute approximate surface area is 68.0 Å². The lowest BCUT2D eigenvalue weighted by atomic mass is 10.2. The number of nitrogens with zero attached hydrogens (tertiary/aromatic N) is 1. The standard InChI is InChI=1S/C7H6ClF2N/c1-7(9,10)5-3-2-4-6(8)11-5/h2-4H,1H3. The molecule has 0 atom stereocenters. The zero-order valence-electron chi connectivity index (χ0n) is 5.81. The summed E-state index contributed by atoms with van der Waals surface area (Å²) in [4.78, 5) is 3.46. The summed E-state index contributed by atoms with van der Waals surface area (Å²) >= 11 is 5.41. The molecule has 4 heteroatoms. The molecular weight excluding hydrogens is 172 g/mol. The number of pyridine rings is 1. The number of alkyl halides is 2. The molecule has 60 valence electrons. The average Bonchev–Trinajstić information content (AvgIpc) is 1.86. The third kappa shape index (κ3) is 2.12. The molecule has 0 fully saturated rings. The van der Waals surface area contributed by atoms with E-state index in [0.717, 1.165) is 6.92 Å². The first-order valence-corrected chi connectivity index (χ1v) is 3.39. The van der Waals surface area contributed by atoms with E-state index in [0.29, 0.717) is 0 Å². The van der Waals surface area contributed by atoms with Gasteiger partial charge in [0.2, 0.25) is 0 Å². The van der Waals surface area contributed by atoms with Crippen molar-refractivity contribution in [1.29, 1.82) is 0 Å². The largest absolute Gasteiger partial charge is 0.287 e. The molecule has 0 saturated carbocycles. The molecule has 1 aromatic rings. The van der Waals surface area contributed by atoms with Crippen LogP contribution in [0.5, 0.6) is 0 Å². The zero-order valence-corrected chi connectivity index (χ0v) is 6.57. The lowest BCUT2D eigenvalue weighted by Crippen LogP contribution is -2.09. The molecule has 1 heterocycles. The molecular formula is C7H6ClF2N. The van der Waals surface area contributed by atoms with Gasteiger partial charge >= 0.3 is 0 Å². The summed E-state index contributed by atoms with van der Waals surface area (Å²) in [7, 11) is 0. The van der Waals surface area contributed by atoms with E-state index in [1.54, 1.807) is 0 Å². The number of hydrogen-bond donors (Lipinski definition) is 0. The second kappa shape index (κ2) is 2.74. The molecule has 1 nitrogen and oxygen atoms in total. The Balaban J connectivity index is 3.06. The van der Waals surface area contributed by atoms with Crippen LogP contribution in [-0.4, -0.2) is 4.98 Å². The van der Waals surface area contributed by atoms with Gasteiger partial charge in [-0.2, -0.15) is 8.78 Å². The van der Waals surface area contributed by atoms with Gasteiger partial charge in [-0.1, -0.05) is 17.7 Å². The predicted octanol–water partition coefficient (Wildman–Crippen LogP) is 2.85. The summed E-state index contributed by atoms with van der Waals surface area (Å²) in [6.07, 6.45) is 0. The van der Waals surface area contributed by atoms with Crippen LogP contribution in [0.2, 0.25) is 5.15 Å². The molecule has 11 heavy (non-hydrogen) atoms. The fraction of sp³-hybridized carbons (Fsp3) is 0.286. The summed E-state index contributed by atoms with van der Waals surface area (Å²) in [5.74, 6) is -2.91. The highest BCUT2D eigenvalue weighted by molar-refractivity contribution is 6.29. The molecule has 0 unspecified atom stereocenters. The van der Waals surface area contributed by atoms with Gasteiger partial charge in [0.05, 0.1) is 0 Å². The molecule has 0 aliphatic rings. The second-order valence-corrected chi connectivity index (χ2v) is 2.62. The molecule has 1 aromatic heterocycles. The normalized spacial score (nSPS) is 11.6. The molecule has 1 rings (SSSR count). The topological polar surface area (TPSA) is 12.9 Å². The van der Waals surface area contributed by atoms with Crippen LogP contribution < -0.4 is 0 Å². The summed E-state index contributed by atoms with van der Waals surface area (Å²) in [6.45, 7) is 0.783. The van der Waals surface area contributed by atoms with Gasteiger partial charge in [-0.05, 0) is 12.1 Å². The molecule has 0 bridgehead atoms. The first-order chi connectivity index (χ1) is 5.00. The van der Waals surface area contributed by atoms with Crippen LogP contribution in [0.15, 0.2) is 18.2 Å². The molecule has 0 aliphatic heterocycles. The summed E-state index contributed by atoms with van der Waals surface area (Å²) in [6, 6.07) is 4.14. The summed E-state index contributed by atoms with van der Waals surface area (Å²) in [5.41, 5.74) is -0.301. The Bertz CT molecular complexity index is 257. The van der Waals surface area contributed by atoms with Crippen molar-refractivity contribution in [2.75, 3.05) is 0 Å². The molecule has 0 N–H and O–H groups in total. The van der Waals surface area contributed by atoms with Crippen LogP contribution in [0.1, 0.15) is 12.6 Å². The second-order valence-electron chi connectivity index (χ2n) is 2.23. The summed E-state index contributed by atoms with van der Waals surface area (Å²) in [5, 5.41) is 0.0871. The van der Waals surface area contributed by atoms with Crippen LogP contribution >= 0.6 is 11.6 Å². The fourth-order valence-corrected chi connectivity index (χ4v) is 0.817. The Hall–Kier alpha value is -0.700. The van der Waals surface area contributed by atoms with E-state index in [4.69, 9.17) is 11.6 Å². The zero-order chi connectivity index (χ0) is 8.48. The maximum Gasteiger partial charge on any atom is 0.287 e. The fourth-order valence-electron chi connectivity index (χ4n) is 0.653. The quantitative estimate of drug-likeness (QED) is 0.601. The Kier molecular flexibility index (Phi) is 2.09. The van der Waals surface area contributed by atoms with Gasteiger partial charge in [0.15, 0.2) is 0 Å². The molecule has 0 radical (unpaired) electrons. The van der Waals surface area contributed by atoms with Crippen LogP contribution in [0.4, 0.5) is 8.78 Å². The van der Waals surface area contributed by atoms with Gasteiger partial charge in [-0.15, -0.1) is 0 Å². The van der Waals surface area contributed by atoms with E-state index >= 15 is 0 Å². The van der Waals surface area contributed by atoms with Gasteiger partial charge in [0.25, 0.3) is 5.92 Å². The van der Waals surface area contributed by atoms with Crippen molar-refractivity contribution >= 4 is 11.6 Å². The smallest absolute Gasteiger partial charge is 0.235 e. The maximum absolute atomic E-state index is 12.5. The lowest BCUT2D eigenvalue weighted by molar-refractivity contribution is 0.0128. The minimum Gasteiger partial charge on any atom is -0.235 e. The Morgan fingerprint density at radius 3 is 2.45 bits per heavy atom. The van der Waals surface area contributed by atoms with Gasteiger partial charge in [-0.3, -0.25) is 0 Å². The average molecular weight is 178 g/mol. The molecule has 0 spiro atoms. The number of rotatable bonds is 1. The Morgan fingerprint density at radius 2 is 2.09 bits per heavy atom. The molecule has 0 saturated heterocycles. The molecule has 0 amide bonds. The van der Waals surface area contributed by atoms with Crippen molar-refractivity contribution in [2.45, 2.75) is 12.8 Å². The number of halogens is 3. The monoisotopic (exact) mass is 177 g/mol. The minimum absolute atomic E-state index is 0.0871. The van der Waals surface area contributed by atoms with Gasteiger partial charge in [0, 0.05) is 6.92 Å². The van der Waals surface area contributed by atoms with Crippen LogP contribution in [0.3, 0.4) is 0 Å². The van der Waals surface area contributed by atoms with Crippen LogP contribution in [0.25, 0.3) is 0 Å². The number of aromatic nitrogens is 1. The third-order valence-electron chi connectivity index (χ3n) is 1.16. The van der Waals surface area contributed by atoms with Crippen LogP contribution in [-0.2, 0) is 5.92 Å². The van der Waals surface area contributed by atoms with E-state index < -0.39 is 5.92 Å².